The van der Waals surface area contributed by atoms with E-state index < -0.39 is 0 Å². The summed E-state index contributed by atoms with van der Waals surface area (Å²) in [6, 6.07) is 8.52. The van der Waals surface area contributed by atoms with Gasteiger partial charge in [0.25, 0.3) is 0 Å². The lowest BCUT2D eigenvalue weighted by atomic mass is 9.93. The molecule has 0 spiro atoms. The molecular weight excluding hydrogens is 326 g/mol. The Morgan fingerprint density at radius 1 is 1.19 bits per heavy atom. The second-order valence-corrected chi connectivity index (χ2v) is 7.71. The van der Waals surface area contributed by atoms with Crippen LogP contribution in [0.1, 0.15) is 37.7 Å². The summed E-state index contributed by atoms with van der Waals surface area (Å²) >= 11 is 0. The minimum absolute atomic E-state index is 0.289. The second kappa shape index (κ2) is 9.38. The maximum Gasteiger partial charge on any atom is 0.237 e. The van der Waals surface area contributed by atoms with E-state index in [1.807, 2.05) is 19.2 Å². The predicted octanol–water partition coefficient (Wildman–Crippen LogP) is 2.51. The van der Waals surface area contributed by atoms with Crippen LogP contribution < -0.4 is 10.1 Å². The largest absolute Gasteiger partial charge is 0.497 e. The van der Waals surface area contributed by atoms with Gasteiger partial charge in [0, 0.05) is 12.6 Å². The van der Waals surface area contributed by atoms with E-state index in [1.54, 1.807) is 7.11 Å². The third-order valence-corrected chi connectivity index (χ3v) is 5.69. The van der Waals surface area contributed by atoms with Crippen LogP contribution in [0.15, 0.2) is 24.3 Å². The Morgan fingerprint density at radius 3 is 2.46 bits per heavy atom. The van der Waals surface area contributed by atoms with Crippen LogP contribution in [0, 0.1) is 5.92 Å². The van der Waals surface area contributed by atoms with E-state index in [4.69, 9.17) is 4.74 Å². The lowest BCUT2D eigenvalue weighted by Gasteiger charge is -2.33. The number of hydrogen-bond acceptors (Lipinski definition) is 4. The minimum Gasteiger partial charge on any atom is -0.497 e. The summed E-state index contributed by atoms with van der Waals surface area (Å²) < 4.78 is 5.22. The molecule has 1 N–H and O–H groups in total. The number of piperidine rings is 1. The van der Waals surface area contributed by atoms with E-state index in [9.17, 15) is 4.79 Å². The molecule has 1 heterocycles. The van der Waals surface area contributed by atoms with Crippen molar-refractivity contribution in [1.29, 1.82) is 0 Å². The first-order chi connectivity index (χ1) is 12.7. The average molecular weight is 360 g/mol. The standard InChI is InChI=1S/C21H33N3O2/c1-22-12-9-17-10-13-23(14-11-17)16-21(25)24(19-5-6-19)15-18-3-7-20(26-2)8-4-18/h3-4,7-8,17,19,22H,5-6,9-16H2,1-2H3. The SMILES string of the molecule is CNCCC1CCN(CC(=O)N(Cc2ccc(OC)cc2)C2CC2)CC1. The zero-order valence-corrected chi connectivity index (χ0v) is 16.2. The Hall–Kier alpha value is -1.59. The molecule has 0 atom stereocenters. The zero-order valence-electron chi connectivity index (χ0n) is 16.2. The van der Waals surface area contributed by atoms with Crippen LogP contribution in [-0.4, -0.2) is 62.1 Å². The molecule has 1 aromatic rings. The third kappa shape index (κ3) is 5.45. The van der Waals surface area contributed by atoms with E-state index in [1.165, 1.54) is 24.8 Å². The number of nitrogens with one attached hydrogen (secondary N) is 1. The molecule has 3 rings (SSSR count). The quantitative estimate of drug-likeness (QED) is 0.736. The van der Waals surface area contributed by atoms with Crippen molar-refractivity contribution in [1.82, 2.24) is 15.1 Å². The molecule has 1 saturated carbocycles. The molecule has 0 radical (unpaired) electrons. The van der Waals surface area contributed by atoms with Gasteiger partial charge in [-0.25, -0.2) is 0 Å². The molecule has 2 aliphatic rings. The van der Waals surface area contributed by atoms with Crippen LogP contribution in [-0.2, 0) is 11.3 Å². The molecular formula is C21H33N3O2. The number of ether oxygens (including phenoxy) is 1. The van der Waals surface area contributed by atoms with Crippen LogP contribution in [0.25, 0.3) is 0 Å². The van der Waals surface area contributed by atoms with E-state index in [2.05, 4.69) is 27.2 Å². The van der Waals surface area contributed by atoms with E-state index >= 15 is 0 Å². The van der Waals surface area contributed by atoms with Crippen molar-refractivity contribution in [2.75, 3.05) is 40.3 Å². The van der Waals surface area contributed by atoms with Crippen molar-refractivity contribution in [3.63, 3.8) is 0 Å². The Bertz CT molecular complexity index is 563. The summed E-state index contributed by atoms with van der Waals surface area (Å²) in [5, 5.41) is 3.24. The van der Waals surface area contributed by atoms with Gasteiger partial charge in [-0.1, -0.05) is 12.1 Å². The number of benzene rings is 1. The van der Waals surface area contributed by atoms with Crippen LogP contribution >= 0.6 is 0 Å². The monoisotopic (exact) mass is 359 g/mol. The molecule has 1 saturated heterocycles. The number of amides is 1. The topological polar surface area (TPSA) is 44.8 Å². The van der Waals surface area contributed by atoms with Gasteiger partial charge in [-0.3, -0.25) is 9.69 Å². The maximum absolute atomic E-state index is 12.9. The Morgan fingerprint density at radius 2 is 1.88 bits per heavy atom. The first kappa shape index (κ1) is 19.2. The van der Waals surface area contributed by atoms with Crippen molar-refractivity contribution in [3.05, 3.63) is 29.8 Å². The van der Waals surface area contributed by atoms with Gasteiger partial charge in [0.15, 0.2) is 0 Å². The number of likely N-dealkylation sites (tertiary alicyclic amines) is 1. The highest BCUT2D eigenvalue weighted by atomic mass is 16.5. The molecule has 5 nitrogen and oxygen atoms in total. The van der Waals surface area contributed by atoms with E-state index in [0.29, 0.717) is 19.1 Å². The fraction of sp³-hybridized carbons (Fsp3) is 0.667. The molecule has 1 aliphatic carbocycles. The van der Waals surface area contributed by atoms with Crippen LogP contribution in [0.3, 0.4) is 0 Å². The lowest BCUT2D eigenvalue weighted by Crippen LogP contribution is -2.44. The first-order valence-corrected chi connectivity index (χ1v) is 9.99. The van der Waals surface area contributed by atoms with Crippen molar-refractivity contribution in [2.45, 2.75) is 44.7 Å². The van der Waals surface area contributed by atoms with E-state index in [0.717, 1.165) is 44.1 Å². The molecule has 0 aromatic heterocycles. The number of carbonyl (C=O) groups excluding carboxylic acids is 1. The highest BCUT2D eigenvalue weighted by molar-refractivity contribution is 5.79. The molecule has 144 valence electrons. The smallest absolute Gasteiger partial charge is 0.237 e. The van der Waals surface area contributed by atoms with Gasteiger partial charge in [-0.05, 0) is 82.4 Å². The normalized spacial score (nSPS) is 18.7. The molecule has 2 fully saturated rings. The molecule has 1 aliphatic heterocycles. The average Bonchev–Trinajstić information content (AvgIpc) is 3.51. The number of rotatable bonds is 9. The zero-order chi connectivity index (χ0) is 18.4. The van der Waals surface area contributed by atoms with Crippen molar-refractivity contribution in [2.24, 2.45) is 5.92 Å². The molecule has 1 aromatic carbocycles. The number of hydrogen-bond donors (Lipinski definition) is 1. The van der Waals surface area contributed by atoms with Crippen LogP contribution in [0.5, 0.6) is 5.75 Å². The fourth-order valence-electron chi connectivity index (χ4n) is 3.80. The van der Waals surface area contributed by atoms with E-state index in [-0.39, 0.29) is 5.91 Å². The Balaban J connectivity index is 1.49. The number of carbonyl (C=O) groups is 1. The predicted molar refractivity (Wildman–Crippen MR) is 104 cm³/mol. The van der Waals surface area contributed by atoms with Crippen molar-refractivity contribution < 1.29 is 9.53 Å². The van der Waals surface area contributed by atoms with Gasteiger partial charge in [0.05, 0.1) is 13.7 Å². The Labute approximate surface area is 157 Å². The summed E-state index contributed by atoms with van der Waals surface area (Å²) in [5.41, 5.74) is 1.18. The first-order valence-electron chi connectivity index (χ1n) is 9.99. The molecule has 0 bridgehead atoms. The summed E-state index contributed by atoms with van der Waals surface area (Å²) in [6.45, 7) is 4.50. The van der Waals surface area contributed by atoms with Gasteiger partial charge in [-0.2, -0.15) is 0 Å². The second-order valence-electron chi connectivity index (χ2n) is 7.71. The maximum atomic E-state index is 12.9. The minimum atomic E-state index is 0.289. The van der Waals surface area contributed by atoms with Crippen molar-refractivity contribution >= 4 is 5.91 Å². The van der Waals surface area contributed by atoms with Gasteiger partial charge in [-0.15, -0.1) is 0 Å². The summed E-state index contributed by atoms with van der Waals surface area (Å²) in [7, 11) is 3.69. The summed E-state index contributed by atoms with van der Waals surface area (Å²) in [5.74, 6) is 1.96. The number of nitrogens with zero attached hydrogens (tertiary/aromatic N) is 2. The molecule has 26 heavy (non-hydrogen) atoms. The molecule has 0 unspecified atom stereocenters. The third-order valence-electron chi connectivity index (χ3n) is 5.69. The van der Waals surface area contributed by atoms with Gasteiger partial charge < -0.3 is 15.0 Å². The fourth-order valence-corrected chi connectivity index (χ4v) is 3.80. The lowest BCUT2D eigenvalue weighted by molar-refractivity contribution is -0.134. The van der Waals surface area contributed by atoms with Gasteiger partial charge in [0.2, 0.25) is 5.91 Å². The Kier molecular flexibility index (Phi) is 6.92. The highest BCUT2D eigenvalue weighted by Gasteiger charge is 2.33. The number of methoxy groups -OCH3 is 1. The van der Waals surface area contributed by atoms with Gasteiger partial charge in [0.1, 0.15) is 5.75 Å². The summed E-state index contributed by atoms with van der Waals surface area (Å²) in [6.07, 6.45) is 5.99. The summed E-state index contributed by atoms with van der Waals surface area (Å²) in [4.78, 5) is 17.4. The van der Waals surface area contributed by atoms with Crippen molar-refractivity contribution in [3.8, 4) is 5.75 Å². The van der Waals surface area contributed by atoms with Crippen LogP contribution in [0.2, 0.25) is 0 Å². The molecule has 1 amide bonds. The van der Waals surface area contributed by atoms with Gasteiger partial charge >= 0.3 is 0 Å². The highest BCUT2D eigenvalue weighted by Crippen LogP contribution is 2.29. The van der Waals surface area contributed by atoms with Crippen LogP contribution in [0.4, 0.5) is 0 Å². The molecule has 5 heteroatoms.